The number of benzene rings is 1. The number of ether oxygens (including phenoxy) is 3. The third-order valence-corrected chi connectivity index (χ3v) is 5.64. The monoisotopic (exact) mass is 572 g/mol. The Morgan fingerprint density at radius 2 is 1.10 bits per heavy atom. The Balaban J connectivity index is 0. The second-order valence-corrected chi connectivity index (χ2v) is 11.8. The molecule has 1 aromatic rings. The second kappa shape index (κ2) is 19.2. The van der Waals surface area contributed by atoms with Crippen LogP contribution in [0.15, 0.2) is 30.3 Å². The maximum atomic E-state index is 11.4. The van der Waals surface area contributed by atoms with E-state index < -0.39 is 17.4 Å². The maximum absolute atomic E-state index is 11.4. The van der Waals surface area contributed by atoms with Crippen molar-refractivity contribution in [2.45, 2.75) is 136 Å². The summed E-state index contributed by atoms with van der Waals surface area (Å²) in [6.07, 6.45) is 7.40. The summed E-state index contributed by atoms with van der Waals surface area (Å²) in [6.45, 7) is 11.0. The van der Waals surface area contributed by atoms with Gasteiger partial charge in [-0.15, -0.1) is 0 Å². The standard InChI is InChI=1S/C11H22N2O2.C11H14O3.C6H14N2.CH4.H3P/c1-11(2,3)15-10(14)13-9-6-4-8(12)5-7-9;1-11(2,3)14-10(12)13-9-7-5-4-6-8-9;7-5-1-2-6(8)4-3-5;;/h8-9H,4-7,12H2,1-3H3,(H,13,14);4-8H,1-3H3;5-6H,1-4,7-8H2;1H4;1H3. The van der Waals surface area contributed by atoms with Crippen LogP contribution in [0.2, 0.25) is 0 Å². The molecule has 2 aliphatic rings. The average Bonchev–Trinajstić information content (AvgIpc) is 2.76. The molecule has 1 atom stereocenters. The molecular formula is C29H57N4O5P. The van der Waals surface area contributed by atoms with Gasteiger partial charge in [-0.1, -0.05) is 25.6 Å². The van der Waals surface area contributed by atoms with Crippen molar-refractivity contribution in [2.75, 3.05) is 0 Å². The zero-order valence-corrected chi connectivity index (χ0v) is 25.7. The van der Waals surface area contributed by atoms with Crippen molar-refractivity contribution < 1.29 is 23.8 Å². The van der Waals surface area contributed by atoms with E-state index in [0.29, 0.717) is 23.9 Å². The van der Waals surface area contributed by atoms with E-state index >= 15 is 0 Å². The molecule has 0 aromatic heterocycles. The molecule has 10 heteroatoms. The van der Waals surface area contributed by atoms with Gasteiger partial charge in [-0.2, -0.15) is 9.90 Å². The Labute approximate surface area is 240 Å². The van der Waals surface area contributed by atoms with E-state index in [4.69, 9.17) is 31.4 Å². The van der Waals surface area contributed by atoms with Crippen LogP contribution >= 0.6 is 9.90 Å². The molecule has 2 saturated carbocycles. The number of carbonyl (C=O) groups excluding carboxylic acids is 2. The average molecular weight is 573 g/mol. The van der Waals surface area contributed by atoms with Gasteiger partial charge < -0.3 is 36.7 Å². The largest absolute Gasteiger partial charge is 0.514 e. The van der Waals surface area contributed by atoms with Gasteiger partial charge >= 0.3 is 12.2 Å². The van der Waals surface area contributed by atoms with Crippen LogP contribution in [0.1, 0.15) is 100 Å². The van der Waals surface area contributed by atoms with Gasteiger partial charge in [-0.25, -0.2) is 9.59 Å². The molecule has 7 N–H and O–H groups in total. The van der Waals surface area contributed by atoms with Crippen molar-refractivity contribution >= 4 is 22.1 Å². The van der Waals surface area contributed by atoms with E-state index in [-0.39, 0.29) is 29.5 Å². The predicted molar refractivity (Wildman–Crippen MR) is 165 cm³/mol. The molecule has 0 saturated heterocycles. The summed E-state index contributed by atoms with van der Waals surface area (Å²) in [5.41, 5.74) is 16.1. The van der Waals surface area contributed by atoms with Crippen LogP contribution in [0.5, 0.6) is 5.75 Å². The van der Waals surface area contributed by atoms with E-state index in [0.717, 1.165) is 51.4 Å². The normalized spacial score (nSPS) is 22.5. The molecule has 228 valence electrons. The number of nitrogens with one attached hydrogen (secondary N) is 1. The van der Waals surface area contributed by atoms with E-state index in [9.17, 15) is 9.59 Å². The predicted octanol–water partition coefficient (Wildman–Crippen LogP) is 5.69. The quantitative estimate of drug-likeness (QED) is 0.200. The van der Waals surface area contributed by atoms with Gasteiger partial charge in [0, 0.05) is 24.2 Å². The van der Waals surface area contributed by atoms with E-state index in [1.54, 1.807) is 45.0 Å². The summed E-state index contributed by atoms with van der Waals surface area (Å²) < 4.78 is 15.1. The molecule has 2 aliphatic carbocycles. The first-order valence-electron chi connectivity index (χ1n) is 13.3. The Hall–Kier alpha value is -1.93. The van der Waals surface area contributed by atoms with Crippen LogP contribution < -0.4 is 27.3 Å². The third kappa shape index (κ3) is 21.6. The first-order valence-corrected chi connectivity index (χ1v) is 13.3. The third-order valence-electron chi connectivity index (χ3n) is 5.64. The van der Waals surface area contributed by atoms with E-state index in [1.165, 1.54) is 0 Å². The first kappa shape index (κ1) is 39.2. The minimum atomic E-state index is -0.677. The highest BCUT2D eigenvalue weighted by molar-refractivity contribution is 6.92. The second-order valence-electron chi connectivity index (χ2n) is 11.8. The molecule has 0 heterocycles. The van der Waals surface area contributed by atoms with Gasteiger partial charge in [0.1, 0.15) is 17.0 Å². The minimum Gasteiger partial charge on any atom is -0.444 e. The van der Waals surface area contributed by atoms with E-state index in [2.05, 4.69) is 5.32 Å². The van der Waals surface area contributed by atoms with Crippen LogP contribution in [0.25, 0.3) is 0 Å². The molecule has 1 unspecified atom stereocenters. The van der Waals surface area contributed by atoms with Gasteiger partial charge in [0.25, 0.3) is 0 Å². The van der Waals surface area contributed by atoms with Crippen molar-refractivity contribution in [1.29, 1.82) is 0 Å². The fourth-order valence-electron chi connectivity index (χ4n) is 3.74. The van der Waals surface area contributed by atoms with Gasteiger partial charge in [-0.05, 0) is 105 Å². The van der Waals surface area contributed by atoms with Crippen molar-refractivity contribution in [1.82, 2.24) is 5.32 Å². The van der Waals surface area contributed by atoms with Crippen LogP contribution in [0.4, 0.5) is 9.59 Å². The minimum absolute atomic E-state index is 0. The highest BCUT2D eigenvalue weighted by atomic mass is 31.0. The lowest BCUT2D eigenvalue weighted by molar-refractivity contribution is 0.0205. The number of para-hydroxylation sites is 1. The number of hydrogen-bond donors (Lipinski definition) is 4. The highest BCUT2D eigenvalue weighted by Gasteiger charge is 2.23. The van der Waals surface area contributed by atoms with Crippen LogP contribution in [0, 0.1) is 0 Å². The summed E-state index contributed by atoms with van der Waals surface area (Å²) in [4.78, 5) is 22.6. The molecule has 1 aromatic carbocycles. The number of nitrogens with two attached hydrogens (primary N) is 3. The molecule has 9 nitrogen and oxygen atoms in total. The number of hydrogen-bond acceptors (Lipinski definition) is 8. The number of carbonyl (C=O) groups is 2. The topological polar surface area (TPSA) is 152 Å². The molecule has 1 amide bonds. The molecular weight excluding hydrogens is 515 g/mol. The lowest BCUT2D eigenvalue weighted by Gasteiger charge is -2.28. The highest BCUT2D eigenvalue weighted by Crippen LogP contribution is 2.18. The fraction of sp³-hybridized carbons (Fsp3) is 0.724. The lowest BCUT2D eigenvalue weighted by atomic mass is 9.92. The smallest absolute Gasteiger partial charge is 0.444 e. The lowest BCUT2D eigenvalue weighted by Crippen LogP contribution is -2.42. The molecule has 0 radical (unpaired) electrons. The van der Waals surface area contributed by atoms with Crippen LogP contribution in [-0.4, -0.2) is 47.6 Å². The molecule has 39 heavy (non-hydrogen) atoms. The molecule has 0 spiro atoms. The number of amides is 1. The summed E-state index contributed by atoms with van der Waals surface area (Å²) in [5.74, 6) is 0.488. The Morgan fingerprint density at radius 3 is 1.49 bits per heavy atom. The molecule has 0 aliphatic heterocycles. The van der Waals surface area contributed by atoms with E-state index in [1.807, 2.05) is 26.8 Å². The maximum Gasteiger partial charge on any atom is 0.514 e. The van der Waals surface area contributed by atoms with Crippen molar-refractivity contribution in [3.8, 4) is 5.75 Å². The van der Waals surface area contributed by atoms with Gasteiger partial charge in [0.15, 0.2) is 0 Å². The molecule has 2 fully saturated rings. The van der Waals surface area contributed by atoms with Crippen molar-refractivity contribution in [3.63, 3.8) is 0 Å². The van der Waals surface area contributed by atoms with Crippen LogP contribution in [-0.2, 0) is 9.47 Å². The summed E-state index contributed by atoms with van der Waals surface area (Å²) >= 11 is 0. The zero-order valence-electron chi connectivity index (χ0n) is 24.3. The molecule has 3 rings (SSSR count). The SMILES string of the molecule is C.CC(C)(C)OC(=O)NC1CCC(N)CC1.CC(C)(C)OC(=O)Oc1ccccc1.NC1CCC(N)CC1.P. The Morgan fingerprint density at radius 1 is 0.718 bits per heavy atom. The van der Waals surface area contributed by atoms with Gasteiger partial charge in [0.2, 0.25) is 0 Å². The van der Waals surface area contributed by atoms with Gasteiger partial charge in [-0.3, -0.25) is 0 Å². The summed E-state index contributed by atoms with van der Waals surface area (Å²) in [5, 5.41) is 2.88. The fourth-order valence-corrected chi connectivity index (χ4v) is 3.74. The first-order chi connectivity index (χ1) is 17.1. The summed E-state index contributed by atoms with van der Waals surface area (Å²) in [6, 6.07) is 10.3. The number of rotatable bonds is 2. The van der Waals surface area contributed by atoms with Crippen LogP contribution in [0.3, 0.4) is 0 Å². The Kier molecular flexibility index (Phi) is 19.3. The van der Waals surface area contributed by atoms with Crippen molar-refractivity contribution in [3.05, 3.63) is 30.3 Å². The zero-order chi connectivity index (χ0) is 28.1. The summed E-state index contributed by atoms with van der Waals surface area (Å²) in [7, 11) is 0. The van der Waals surface area contributed by atoms with Gasteiger partial charge in [0.05, 0.1) is 0 Å². The Bertz CT molecular complexity index is 773. The van der Waals surface area contributed by atoms with Crippen molar-refractivity contribution in [2.24, 2.45) is 17.2 Å². The number of alkyl carbamates (subject to hydrolysis) is 1. The molecule has 0 bridgehead atoms.